The van der Waals surface area contributed by atoms with E-state index in [4.69, 9.17) is 15.3 Å². The third-order valence-electron chi connectivity index (χ3n) is 3.11. The second-order valence-corrected chi connectivity index (χ2v) is 7.12. The van der Waals surface area contributed by atoms with Crippen molar-refractivity contribution in [3.8, 4) is 12.1 Å². The summed E-state index contributed by atoms with van der Waals surface area (Å²) in [4.78, 5) is 14.7. The zero-order valence-electron chi connectivity index (χ0n) is 12.8. The van der Waals surface area contributed by atoms with E-state index in [9.17, 15) is 4.79 Å². The molecule has 0 radical (unpaired) electrons. The summed E-state index contributed by atoms with van der Waals surface area (Å²) in [5, 5.41) is 18.2. The number of hydrogen-bond acceptors (Lipinski definition) is 6. The second-order valence-electron chi connectivity index (χ2n) is 4.77. The molecule has 0 saturated carbocycles. The van der Waals surface area contributed by atoms with E-state index < -0.39 is 0 Å². The fourth-order valence-electron chi connectivity index (χ4n) is 2.06. The molecule has 0 spiro atoms. The molecule has 0 unspecified atom stereocenters. The Balaban J connectivity index is 2.64. The summed E-state index contributed by atoms with van der Waals surface area (Å²) < 4.78 is 7.45. The van der Waals surface area contributed by atoms with E-state index in [2.05, 4.69) is 0 Å². The van der Waals surface area contributed by atoms with Crippen LogP contribution in [0.25, 0.3) is 11.6 Å². The summed E-state index contributed by atoms with van der Waals surface area (Å²) in [6.07, 6.45) is 2.45. The normalized spacial score (nSPS) is 11.2. The molecule has 0 aliphatic carbocycles. The zero-order valence-corrected chi connectivity index (χ0v) is 14.5. The average Bonchev–Trinajstić information content (AvgIpc) is 3.07. The smallest absolute Gasteiger partial charge is 0.269 e. The van der Waals surface area contributed by atoms with Gasteiger partial charge in [-0.15, -0.1) is 22.7 Å². The molecule has 5 nitrogen and oxygen atoms in total. The lowest BCUT2D eigenvalue weighted by Crippen LogP contribution is -2.32. The quantitative estimate of drug-likeness (QED) is 0.766. The van der Waals surface area contributed by atoms with Gasteiger partial charge in [0.05, 0.1) is 4.53 Å². The number of thiophene rings is 1. The van der Waals surface area contributed by atoms with Crippen molar-refractivity contribution in [2.45, 2.75) is 19.9 Å². The maximum atomic E-state index is 12.6. The molecule has 0 saturated heterocycles. The minimum Gasteiger partial charge on any atom is -0.385 e. The van der Waals surface area contributed by atoms with Crippen molar-refractivity contribution < 1.29 is 4.74 Å². The van der Waals surface area contributed by atoms with E-state index in [-0.39, 0.29) is 11.1 Å². The molecule has 0 N–H and O–H groups in total. The molecule has 2 heterocycles. The van der Waals surface area contributed by atoms with E-state index in [0.29, 0.717) is 28.8 Å². The van der Waals surface area contributed by atoms with E-state index in [1.807, 2.05) is 37.3 Å². The van der Waals surface area contributed by atoms with Gasteiger partial charge >= 0.3 is 0 Å². The lowest BCUT2D eigenvalue weighted by atomic mass is 10.3. The molecule has 0 aliphatic rings. The second kappa shape index (κ2) is 7.89. The van der Waals surface area contributed by atoms with Crippen LogP contribution in [0.15, 0.2) is 16.9 Å². The number of aryl methyl sites for hydroxylation is 1. The molecule has 0 aromatic carbocycles. The molecule has 2 rings (SSSR count). The number of ether oxygens (including phenoxy) is 1. The van der Waals surface area contributed by atoms with Gasteiger partial charge in [-0.3, -0.25) is 9.36 Å². The van der Waals surface area contributed by atoms with E-state index in [1.54, 1.807) is 18.4 Å². The van der Waals surface area contributed by atoms with Crippen molar-refractivity contribution in [2.75, 3.05) is 13.7 Å². The number of aromatic nitrogens is 1. The largest absolute Gasteiger partial charge is 0.385 e. The van der Waals surface area contributed by atoms with Crippen LogP contribution in [-0.2, 0) is 11.3 Å². The van der Waals surface area contributed by atoms with E-state index in [0.717, 1.165) is 9.75 Å². The van der Waals surface area contributed by atoms with Gasteiger partial charge < -0.3 is 4.74 Å². The minimum absolute atomic E-state index is 0.0356. The highest BCUT2D eigenvalue weighted by Gasteiger charge is 2.09. The van der Waals surface area contributed by atoms with Crippen LogP contribution in [0.5, 0.6) is 0 Å². The zero-order chi connectivity index (χ0) is 16.8. The summed E-state index contributed by atoms with van der Waals surface area (Å²) in [6.45, 7) is 2.93. The Morgan fingerprint density at radius 3 is 2.65 bits per heavy atom. The van der Waals surface area contributed by atoms with Crippen LogP contribution in [0.3, 0.4) is 0 Å². The molecule has 23 heavy (non-hydrogen) atoms. The molecule has 0 atom stereocenters. The van der Waals surface area contributed by atoms with Crippen LogP contribution in [-0.4, -0.2) is 18.3 Å². The first-order chi connectivity index (χ1) is 11.1. The Morgan fingerprint density at radius 1 is 1.35 bits per heavy atom. The van der Waals surface area contributed by atoms with Crippen molar-refractivity contribution >= 4 is 34.3 Å². The average molecular weight is 345 g/mol. The number of nitrogens with zero attached hydrogens (tertiary/aromatic N) is 3. The molecule has 2 aromatic heterocycles. The number of nitriles is 2. The van der Waals surface area contributed by atoms with Gasteiger partial charge in [-0.25, -0.2) is 0 Å². The molecule has 2 aromatic rings. The lowest BCUT2D eigenvalue weighted by molar-refractivity contribution is 0.190. The summed E-state index contributed by atoms with van der Waals surface area (Å²) in [7, 11) is 1.59. The fraction of sp³-hybridized carbons (Fsp3) is 0.312. The highest BCUT2D eigenvalue weighted by molar-refractivity contribution is 7.13. The maximum absolute atomic E-state index is 12.6. The van der Waals surface area contributed by atoms with Crippen LogP contribution in [0.2, 0.25) is 0 Å². The Hall–Kier alpha value is -2.19. The van der Waals surface area contributed by atoms with Gasteiger partial charge in [0.2, 0.25) is 0 Å². The predicted molar refractivity (Wildman–Crippen MR) is 91.6 cm³/mol. The van der Waals surface area contributed by atoms with Crippen LogP contribution < -0.4 is 14.8 Å². The molecule has 0 bridgehead atoms. The van der Waals surface area contributed by atoms with Crippen LogP contribution in [0.4, 0.5) is 0 Å². The Morgan fingerprint density at radius 2 is 2.09 bits per heavy atom. The number of thiazole rings is 1. The van der Waals surface area contributed by atoms with Crippen LogP contribution in [0.1, 0.15) is 16.2 Å². The van der Waals surface area contributed by atoms with Crippen LogP contribution >= 0.6 is 22.7 Å². The fourth-order valence-corrected chi connectivity index (χ4v) is 4.02. The van der Waals surface area contributed by atoms with Gasteiger partial charge in [0.15, 0.2) is 5.57 Å². The molecule has 118 valence electrons. The van der Waals surface area contributed by atoms with Crippen molar-refractivity contribution in [3.05, 3.63) is 41.4 Å². The van der Waals surface area contributed by atoms with Gasteiger partial charge in [-0.2, -0.15) is 10.5 Å². The third-order valence-corrected chi connectivity index (χ3v) is 5.19. The lowest BCUT2D eigenvalue weighted by Gasteiger charge is -2.01. The highest BCUT2D eigenvalue weighted by Crippen LogP contribution is 2.15. The van der Waals surface area contributed by atoms with Crippen molar-refractivity contribution in [1.82, 2.24) is 4.57 Å². The molecule has 7 heteroatoms. The van der Waals surface area contributed by atoms with Gasteiger partial charge in [-0.1, -0.05) is 0 Å². The van der Waals surface area contributed by atoms with Gasteiger partial charge in [0.25, 0.3) is 5.56 Å². The maximum Gasteiger partial charge on any atom is 0.269 e. The molecular formula is C16H15N3O2S2. The Kier molecular flexibility index (Phi) is 5.89. The summed E-state index contributed by atoms with van der Waals surface area (Å²) in [5.41, 5.74) is -0.207. The Bertz CT molecular complexity index is 935. The van der Waals surface area contributed by atoms with Gasteiger partial charge in [0, 0.05) is 30.0 Å². The molecule has 0 amide bonds. The standard InChI is InChI=1S/C16H15N3O2S2/c1-11-4-5-13(22-11)8-14-15(20)19(6-3-7-21-2)16(23-14)12(9-17)10-18/h4-5,8H,3,6-7H2,1-2H3/b14-8-. The number of hydrogen-bond donors (Lipinski definition) is 0. The van der Waals surface area contributed by atoms with Gasteiger partial charge in [-0.05, 0) is 31.6 Å². The minimum atomic E-state index is -0.171. The van der Waals surface area contributed by atoms with E-state index in [1.165, 1.54) is 15.9 Å². The number of methoxy groups -OCH3 is 1. The first kappa shape index (κ1) is 17.2. The SMILES string of the molecule is COCCCn1c(=C(C#N)C#N)s/c(=C\c2ccc(C)s2)c1=O. The topological polar surface area (TPSA) is 78.8 Å². The summed E-state index contributed by atoms with van der Waals surface area (Å²) in [5.74, 6) is 0. The van der Waals surface area contributed by atoms with Crippen LogP contribution in [0, 0.1) is 29.6 Å². The number of rotatable bonds is 5. The van der Waals surface area contributed by atoms with Crippen molar-refractivity contribution in [3.63, 3.8) is 0 Å². The van der Waals surface area contributed by atoms with Gasteiger partial charge in [0.1, 0.15) is 16.8 Å². The Labute approximate surface area is 141 Å². The highest BCUT2D eigenvalue weighted by atomic mass is 32.1. The summed E-state index contributed by atoms with van der Waals surface area (Å²) >= 11 is 2.78. The predicted octanol–water partition coefficient (Wildman–Crippen LogP) is 1.34. The third kappa shape index (κ3) is 3.96. The van der Waals surface area contributed by atoms with E-state index >= 15 is 0 Å². The van der Waals surface area contributed by atoms with Crippen molar-refractivity contribution in [1.29, 1.82) is 10.5 Å². The molecule has 0 aliphatic heterocycles. The van der Waals surface area contributed by atoms with Crippen molar-refractivity contribution in [2.24, 2.45) is 0 Å². The molecular weight excluding hydrogens is 330 g/mol. The summed E-state index contributed by atoms with van der Waals surface area (Å²) in [6, 6.07) is 7.68. The first-order valence-electron chi connectivity index (χ1n) is 6.92. The monoisotopic (exact) mass is 345 g/mol. The first-order valence-corrected chi connectivity index (χ1v) is 8.55. The molecule has 0 fully saturated rings.